The Bertz CT molecular complexity index is 1120. The van der Waals surface area contributed by atoms with Crippen molar-refractivity contribution < 1.29 is 42.7 Å². The fourth-order valence-electron chi connectivity index (χ4n) is 5.69. The van der Waals surface area contributed by atoms with Crippen molar-refractivity contribution in [2.45, 2.75) is 187 Å². The van der Waals surface area contributed by atoms with Crippen molar-refractivity contribution in [3.63, 3.8) is 0 Å². The van der Waals surface area contributed by atoms with E-state index in [1.807, 2.05) is 12.2 Å². The second-order valence-corrected chi connectivity index (χ2v) is 15.8. The van der Waals surface area contributed by atoms with E-state index in [4.69, 9.17) is 24.3 Å². The highest BCUT2D eigenvalue weighted by Gasteiger charge is 2.26. The lowest BCUT2D eigenvalue weighted by Crippen LogP contribution is -2.29. The molecule has 0 aliphatic rings. The lowest BCUT2D eigenvalue weighted by atomic mass is 10.1. The van der Waals surface area contributed by atoms with Gasteiger partial charge in [-0.1, -0.05) is 145 Å². The Balaban J connectivity index is 4.27. The number of hydrogen-bond acceptors (Lipinski definition) is 9. The minimum Gasteiger partial charge on any atom is -0.462 e. The lowest BCUT2D eigenvalue weighted by Gasteiger charge is -2.19. The molecule has 324 valence electrons. The zero-order valence-electron chi connectivity index (χ0n) is 35.2. The number of aliphatic hydroxyl groups excluding tert-OH is 1. The van der Waals surface area contributed by atoms with E-state index in [-0.39, 0.29) is 38.7 Å². The highest BCUT2D eigenvalue weighted by atomic mass is 31.2. The standard InChI is InChI=1S/C45H80NO9P/c1-3-5-6-7-8-9-10-11-12-13-14-17-21-24-27-30-33-37-45(49)55-43(41-54-56(50,51)53-39-38-46)40-52-44(48)36-32-29-26-23-20-18-15-16-19-22-25-28-31-35-42(47)34-4-2/h11-12,15,18-19,22-23,26,28,31,42-43,47H,3-10,13-14,16-17,20-21,24-25,27,29-30,32-41,46H2,1-2H3,(H,50,51)/b12-11-,18-15-,22-19-,26-23-,31-28-/t42?,43-/m1/s1. The number of rotatable bonds is 40. The third-order valence-electron chi connectivity index (χ3n) is 8.93. The fraction of sp³-hybridized carbons (Fsp3) is 0.733. The molecule has 56 heavy (non-hydrogen) atoms. The van der Waals surface area contributed by atoms with Crippen LogP contribution in [0.25, 0.3) is 0 Å². The molecule has 0 rings (SSSR count). The van der Waals surface area contributed by atoms with E-state index in [0.717, 1.165) is 57.8 Å². The summed E-state index contributed by atoms with van der Waals surface area (Å²) >= 11 is 0. The summed E-state index contributed by atoms with van der Waals surface area (Å²) in [6, 6.07) is 0. The molecule has 3 atom stereocenters. The van der Waals surface area contributed by atoms with E-state index >= 15 is 0 Å². The summed E-state index contributed by atoms with van der Waals surface area (Å²) in [4.78, 5) is 34.8. The van der Waals surface area contributed by atoms with Gasteiger partial charge in [0.15, 0.2) is 6.10 Å². The molecule has 0 amide bonds. The second kappa shape index (κ2) is 40.9. The van der Waals surface area contributed by atoms with Gasteiger partial charge in [-0.3, -0.25) is 18.6 Å². The largest absolute Gasteiger partial charge is 0.472 e. The molecule has 2 unspecified atom stereocenters. The third kappa shape index (κ3) is 39.9. The summed E-state index contributed by atoms with van der Waals surface area (Å²) in [5.74, 6) is -0.922. The van der Waals surface area contributed by atoms with E-state index in [1.54, 1.807) is 0 Å². The van der Waals surface area contributed by atoms with Gasteiger partial charge in [-0.2, -0.15) is 0 Å². The van der Waals surface area contributed by atoms with E-state index < -0.39 is 32.5 Å². The number of phosphoric acid groups is 1. The van der Waals surface area contributed by atoms with E-state index in [1.165, 1.54) is 64.2 Å². The van der Waals surface area contributed by atoms with Crippen molar-refractivity contribution in [3.8, 4) is 0 Å². The van der Waals surface area contributed by atoms with Crippen LogP contribution in [0.4, 0.5) is 0 Å². The SMILES string of the molecule is CCCCCCCC/C=C\CCCCCCCCCC(=O)O[C@H](COC(=O)CCC/C=C\C/C=C\C/C=C\C/C=C\CC(O)CCC)COP(=O)(O)OCCN. The van der Waals surface area contributed by atoms with Gasteiger partial charge in [-0.05, 0) is 77.0 Å². The minimum atomic E-state index is -4.40. The number of ether oxygens (including phenoxy) is 2. The van der Waals surface area contributed by atoms with Crippen molar-refractivity contribution >= 4 is 19.8 Å². The molecular weight excluding hydrogens is 729 g/mol. The number of nitrogens with two attached hydrogens (primary N) is 1. The van der Waals surface area contributed by atoms with Crippen LogP contribution in [0.1, 0.15) is 174 Å². The first-order valence-corrected chi connectivity index (χ1v) is 23.3. The first-order valence-electron chi connectivity index (χ1n) is 21.8. The molecule has 0 saturated heterocycles. The number of unbranched alkanes of at least 4 members (excludes halogenated alkanes) is 14. The molecule has 0 aromatic rings. The lowest BCUT2D eigenvalue weighted by molar-refractivity contribution is -0.161. The van der Waals surface area contributed by atoms with Crippen molar-refractivity contribution in [1.82, 2.24) is 0 Å². The van der Waals surface area contributed by atoms with Crippen molar-refractivity contribution in [1.29, 1.82) is 0 Å². The second-order valence-electron chi connectivity index (χ2n) is 14.4. The number of aliphatic hydroxyl groups is 1. The molecule has 0 spiro atoms. The van der Waals surface area contributed by atoms with Gasteiger partial charge in [0.05, 0.1) is 19.3 Å². The van der Waals surface area contributed by atoms with Crippen molar-refractivity contribution in [2.75, 3.05) is 26.4 Å². The number of hydrogen-bond donors (Lipinski definition) is 3. The highest BCUT2D eigenvalue weighted by molar-refractivity contribution is 7.47. The van der Waals surface area contributed by atoms with Gasteiger partial charge in [0, 0.05) is 19.4 Å². The summed E-state index contributed by atoms with van der Waals surface area (Å²) in [5.41, 5.74) is 5.34. The molecule has 0 radical (unpaired) electrons. The van der Waals surface area contributed by atoms with E-state index in [2.05, 4.69) is 62.5 Å². The summed E-state index contributed by atoms with van der Waals surface area (Å²) in [6.45, 7) is 3.44. The summed E-state index contributed by atoms with van der Waals surface area (Å²) in [5, 5.41) is 9.72. The van der Waals surface area contributed by atoms with Gasteiger partial charge in [0.1, 0.15) is 6.61 Å². The van der Waals surface area contributed by atoms with Crippen LogP contribution in [0.2, 0.25) is 0 Å². The van der Waals surface area contributed by atoms with Crippen LogP contribution in [0, 0.1) is 0 Å². The number of phosphoric ester groups is 1. The van der Waals surface area contributed by atoms with E-state index in [0.29, 0.717) is 25.7 Å². The molecule has 0 aromatic heterocycles. The predicted molar refractivity (Wildman–Crippen MR) is 230 cm³/mol. The highest BCUT2D eigenvalue weighted by Crippen LogP contribution is 2.43. The normalized spacial score (nSPS) is 14.4. The minimum absolute atomic E-state index is 0.0374. The molecule has 10 nitrogen and oxygen atoms in total. The van der Waals surface area contributed by atoms with Crippen LogP contribution in [0.15, 0.2) is 60.8 Å². The Morgan fingerprint density at radius 1 is 0.607 bits per heavy atom. The molecule has 0 bridgehead atoms. The summed E-state index contributed by atoms with van der Waals surface area (Å²) in [7, 11) is -4.40. The van der Waals surface area contributed by atoms with Crippen molar-refractivity contribution in [2.24, 2.45) is 5.73 Å². The van der Waals surface area contributed by atoms with Gasteiger partial charge < -0.3 is 25.2 Å². The van der Waals surface area contributed by atoms with Gasteiger partial charge in [0.25, 0.3) is 0 Å². The monoisotopic (exact) mass is 810 g/mol. The quantitative estimate of drug-likeness (QED) is 0.0236. The van der Waals surface area contributed by atoms with Gasteiger partial charge >= 0.3 is 19.8 Å². The summed E-state index contributed by atoms with van der Waals surface area (Å²) in [6.07, 6.45) is 44.6. The van der Waals surface area contributed by atoms with Crippen LogP contribution in [-0.4, -0.2) is 60.5 Å². The molecule has 0 fully saturated rings. The van der Waals surface area contributed by atoms with Gasteiger partial charge in [-0.15, -0.1) is 0 Å². The average Bonchev–Trinajstić information content (AvgIpc) is 3.17. The number of carbonyl (C=O) groups excluding carboxylic acids is 2. The molecule has 0 saturated carbocycles. The average molecular weight is 810 g/mol. The molecule has 0 aliphatic carbocycles. The third-order valence-corrected chi connectivity index (χ3v) is 9.92. The summed E-state index contributed by atoms with van der Waals surface area (Å²) < 4.78 is 32.7. The first-order chi connectivity index (χ1) is 27.2. The topological polar surface area (TPSA) is 155 Å². The maximum atomic E-state index is 12.6. The Kier molecular flexibility index (Phi) is 39.2. The molecule has 11 heteroatoms. The molecular formula is C45H80NO9P. The van der Waals surface area contributed by atoms with Gasteiger partial charge in [-0.25, -0.2) is 4.57 Å². The van der Waals surface area contributed by atoms with Crippen LogP contribution in [0.3, 0.4) is 0 Å². The fourth-order valence-corrected chi connectivity index (χ4v) is 6.46. The molecule has 0 aromatic carbocycles. The predicted octanol–water partition coefficient (Wildman–Crippen LogP) is 11.5. The van der Waals surface area contributed by atoms with Crippen LogP contribution in [0.5, 0.6) is 0 Å². The maximum absolute atomic E-state index is 12.6. The molecule has 0 aliphatic heterocycles. The maximum Gasteiger partial charge on any atom is 0.472 e. The smallest absolute Gasteiger partial charge is 0.462 e. The van der Waals surface area contributed by atoms with E-state index in [9.17, 15) is 24.2 Å². The van der Waals surface area contributed by atoms with Crippen LogP contribution >= 0.6 is 7.82 Å². The van der Waals surface area contributed by atoms with Crippen LogP contribution < -0.4 is 5.73 Å². The number of allylic oxidation sites excluding steroid dienone is 9. The van der Waals surface area contributed by atoms with Crippen molar-refractivity contribution in [3.05, 3.63) is 60.8 Å². The van der Waals surface area contributed by atoms with Gasteiger partial charge in [0.2, 0.25) is 0 Å². The molecule has 0 heterocycles. The Hall–Kier alpha value is -2.33. The number of esters is 2. The zero-order chi connectivity index (χ0) is 41.2. The Labute approximate surface area is 341 Å². The first kappa shape index (κ1) is 53.7. The Morgan fingerprint density at radius 2 is 1.11 bits per heavy atom. The molecule has 4 N–H and O–H groups in total. The van der Waals surface area contributed by atoms with Crippen LogP contribution in [-0.2, 0) is 32.7 Å². The number of carbonyl (C=O) groups is 2. The Morgan fingerprint density at radius 3 is 1.70 bits per heavy atom. The zero-order valence-corrected chi connectivity index (χ0v) is 36.1.